The lowest BCUT2D eigenvalue weighted by molar-refractivity contribution is 0.0972. The van der Waals surface area contributed by atoms with Gasteiger partial charge in [-0.15, -0.1) is 0 Å². The van der Waals surface area contributed by atoms with E-state index in [-0.39, 0.29) is 11.9 Å². The Morgan fingerprint density at radius 1 is 1.09 bits per heavy atom. The predicted molar refractivity (Wildman–Crippen MR) is 124 cm³/mol. The summed E-state index contributed by atoms with van der Waals surface area (Å²) in [5.74, 6) is 2.59. The normalized spacial score (nSPS) is 14.2. The van der Waals surface area contributed by atoms with Crippen molar-refractivity contribution in [3.8, 4) is 5.75 Å². The van der Waals surface area contributed by atoms with Crippen LogP contribution in [0.1, 0.15) is 51.8 Å². The number of ether oxygens (including phenoxy) is 1. The van der Waals surface area contributed by atoms with Crippen LogP contribution in [0.25, 0.3) is 0 Å². The number of furan rings is 1. The molecule has 0 bridgehead atoms. The highest BCUT2D eigenvalue weighted by atomic mass is 32.2. The van der Waals surface area contributed by atoms with E-state index in [1.807, 2.05) is 48.7 Å². The second kappa shape index (κ2) is 9.49. The molecule has 5 nitrogen and oxygen atoms in total. The van der Waals surface area contributed by atoms with E-state index in [1.54, 1.807) is 24.2 Å². The molecule has 0 fully saturated rings. The monoisotopic (exact) mass is 444 g/mol. The number of carbonyl (C=O) groups is 1. The summed E-state index contributed by atoms with van der Waals surface area (Å²) in [5.41, 5.74) is 4.11. The molecule has 1 aliphatic rings. The Kier molecular flexibility index (Phi) is 6.12. The second-order valence-electron chi connectivity index (χ2n) is 7.82. The number of hydrogen-bond donors (Lipinski definition) is 1. The van der Waals surface area contributed by atoms with E-state index in [2.05, 4.69) is 22.1 Å². The summed E-state index contributed by atoms with van der Waals surface area (Å²) in [6.07, 6.45) is 8.06. The van der Waals surface area contributed by atoms with Gasteiger partial charge in [0.15, 0.2) is 10.9 Å². The zero-order valence-corrected chi connectivity index (χ0v) is 18.4. The van der Waals surface area contributed by atoms with Crippen molar-refractivity contribution < 1.29 is 13.9 Å². The standard InChI is InChI=1S/C26H24N2O3S/c29-22-9-4-8-19-20(22)11-12-23(21(19)17-32-26-10-5-15-30-26)31-24(16-25-27-13-14-28-25)18-6-2-1-3-7-18/h1-3,5-7,10-15,24H,4,8-9,16-17H2,(H,27,28)/t24-/m0/s1. The molecule has 6 heteroatoms. The molecular formula is C26H24N2O3S. The molecule has 0 aliphatic heterocycles. The lowest BCUT2D eigenvalue weighted by Gasteiger charge is -2.25. The van der Waals surface area contributed by atoms with Crippen LogP contribution >= 0.6 is 11.8 Å². The van der Waals surface area contributed by atoms with Crippen LogP contribution in [0, 0.1) is 0 Å². The first-order valence-corrected chi connectivity index (χ1v) is 11.8. The maximum absolute atomic E-state index is 12.6. The van der Waals surface area contributed by atoms with E-state index >= 15 is 0 Å². The number of nitrogens with one attached hydrogen (secondary N) is 1. The molecule has 1 aliphatic carbocycles. The lowest BCUT2D eigenvalue weighted by Crippen LogP contribution is -2.16. The van der Waals surface area contributed by atoms with E-state index in [0.29, 0.717) is 18.6 Å². The van der Waals surface area contributed by atoms with Crippen molar-refractivity contribution in [2.24, 2.45) is 0 Å². The van der Waals surface area contributed by atoms with Gasteiger partial charge in [-0.3, -0.25) is 4.79 Å². The predicted octanol–water partition coefficient (Wildman–Crippen LogP) is 6.18. The first-order chi connectivity index (χ1) is 15.8. The number of ketones is 1. The molecule has 2 aromatic carbocycles. The third-order valence-corrected chi connectivity index (χ3v) is 6.70. The molecule has 0 unspecified atom stereocenters. The number of aromatic nitrogens is 2. The number of benzene rings is 2. The molecule has 0 saturated heterocycles. The Labute approximate surface area is 191 Å². The fourth-order valence-corrected chi connectivity index (χ4v) is 5.07. The van der Waals surface area contributed by atoms with Crippen LogP contribution in [0.3, 0.4) is 0 Å². The minimum Gasteiger partial charge on any atom is -0.485 e. The van der Waals surface area contributed by atoms with E-state index in [4.69, 9.17) is 9.15 Å². The van der Waals surface area contributed by atoms with Crippen molar-refractivity contribution in [3.05, 3.63) is 101 Å². The average Bonchev–Trinajstić information content (AvgIpc) is 3.53. The van der Waals surface area contributed by atoms with Crippen molar-refractivity contribution in [2.75, 3.05) is 0 Å². The summed E-state index contributed by atoms with van der Waals surface area (Å²) in [6.45, 7) is 0. The van der Waals surface area contributed by atoms with Crippen molar-refractivity contribution in [1.29, 1.82) is 0 Å². The van der Waals surface area contributed by atoms with Crippen molar-refractivity contribution >= 4 is 17.5 Å². The zero-order valence-electron chi connectivity index (χ0n) is 17.6. The molecule has 5 rings (SSSR count). The van der Waals surface area contributed by atoms with Crippen LogP contribution in [0.2, 0.25) is 0 Å². The summed E-state index contributed by atoms with van der Waals surface area (Å²) in [4.78, 5) is 20.1. The number of H-pyrrole nitrogens is 1. The van der Waals surface area contributed by atoms with E-state index in [0.717, 1.165) is 51.8 Å². The molecule has 0 amide bonds. The van der Waals surface area contributed by atoms with Crippen molar-refractivity contribution in [3.63, 3.8) is 0 Å². The van der Waals surface area contributed by atoms with Crippen LogP contribution in [0.4, 0.5) is 0 Å². The van der Waals surface area contributed by atoms with Crippen molar-refractivity contribution in [2.45, 2.75) is 42.6 Å². The van der Waals surface area contributed by atoms with Crippen LogP contribution in [-0.2, 0) is 18.6 Å². The number of Topliss-reactive ketones (excluding diaryl/α,β-unsaturated/α-hetero) is 1. The summed E-state index contributed by atoms with van der Waals surface area (Å²) >= 11 is 1.62. The van der Waals surface area contributed by atoms with Gasteiger partial charge in [-0.05, 0) is 48.2 Å². The Hall–Kier alpha value is -3.25. The number of imidazole rings is 1. The number of carbonyl (C=O) groups excluding carboxylic acids is 1. The minimum absolute atomic E-state index is 0.202. The third kappa shape index (κ3) is 4.50. The number of aromatic amines is 1. The quantitative estimate of drug-likeness (QED) is 0.329. The van der Waals surface area contributed by atoms with Gasteiger partial charge in [-0.1, -0.05) is 42.1 Å². The number of rotatable bonds is 8. The first-order valence-electron chi connectivity index (χ1n) is 10.8. The van der Waals surface area contributed by atoms with E-state index in [9.17, 15) is 4.79 Å². The van der Waals surface area contributed by atoms with E-state index in [1.165, 1.54) is 0 Å². The number of hydrogen-bond acceptors (Lipinski definition) is 5. The molecule has 2 aromatic heterocycles. The highest BCUT2D eigenvalue weighted by molar-refractivity contribution is 7.98. The van der Waals surface area contributed by atoms with Gasteiger partial charge in [0.2, 0.25) is 0 Å². The van der Waals surface area contributed by atoms with Gasteiger partial charge in [-0.25, -0.2) is 4.98 Å². The molecule has 1 atom stereocenters. The maximum Gasteiger partial charge on any atom is 0.163 e. The average molecular weight is 445 g/mol. The van der Waals surface area contributed by atoms with Crippen LogP contribution in [-0.4, -0.2) is 15.8 Å². The molecule has 1 N–H and O–H groups in total. The SMILES string of the molecule is O=C1CCCc2c1ccc(O[C@@H](Cc1ncc[nH]1)c1ccccc1)c2CSc1ccco1. The molecule has 0 radical (unpaired) electrons. The first kappa shape index (κ1) is 20.6. The topological polar surface area (TPSA) is 68.1 Å². The summed E-state index contributed by atoms with van der Waals surface area (Å²) in [6, 6.07) is 17.9. The zero-order chi connectivity index (χ0) is 21.8. The van der Waals surface area contributed by atoms with Gasteiger partial charge >= 0.3 is 0 Å². The van der Waals surface area contributed by atoms with Gasteiger partial charge in [0, 0.05) is 42.1 Å². The summed E-state index contributed by atoms with van der Waals surface area (Å²) in [5, 5.41) is 0.853. The Morgan fingerprint density at radius 3 is 2.78 bits per heavy atom. The Balaban J connectivity index is 1.50. The highest BCUT2D eigenvalue weighted by Gasteiger charge is 2.25. The van der Waals surface area contributed by atoms with Gasteiger partial charge in [0.05, 0.1) is 6.26 Å². The molecular weight excluding hydrogens is 420 g/mol. The highest BCUT2D eigenvalue weighted by Crippen LogP contribution is 2.38. The van der Waals surface area contributed by atoms with Crippen molar-refractivity contribution in [1.82, 2.24) is 9.97 Å². The van der Waals surface area contributed by atoms with Crippen LogP contribution in [0.15, 0.2) is 82.8 Å². The fraction of sp³-hybridized carbons (Fsp3) is 0.231. The molecule has 0 spiro atoms. The Morgan fingerprint density at radius 2 is 2.00 bits per heavy atom. The van der Waals surface area contributed by atoms with Crippen LogP contribution in [0.5, 0.6) is 5.75 Å². The fourth-order valence-electron chi connectivity index (χ4n) is 4.17. The van der Waals surface area contributed by atoms with Gasteiger partial charge < -0.3 is 14.1 Å². The molecule has 4 aromatic rings. The minimum atomic E-state index is -0.202. The maximum atomic E-state index is 12.6. The number of nitrogens with zero attached hydrogens (tertiary/aromatic N) is 1. The van der Waals surface area contributed by atoms with Gasteiger partial charge in [-0.2, -0.15) is 0 Å². The molecule has 0 saturated carbocycles. The number of fused-ring (bicyclic) bond motifs is 1. The summed E-state index contributed by atoms with van der Waals surface area (Å²) < 4.78 is 12.2. The summed E-state index contributed by atoms with van der Waals surface area (Å²) in [7, 11) is 0. The molecule has 32 heavy (non-hydrogen) atoms. The molecule has 2 heterocycles. The van der Waals surface area contributed by atoms with Crippen LogP contribution < -0.4 is 4.74 Å². The number of thioether (sulfide) groups is 1. The largest absolute Gasteiger partial charge is 0.485 e. The third-order valence-electron chi connectivity index (χ3n) is 5.75. The lowest BCUT2D eigenvalue weighted by atomic mass is 9.87. The van der Waals surface area contributed by atoms with Gasteiger partial charge in [0.25, 0.3) is 0 Å². The van der Waals surface area contributed by atoms with E-state index < -0.39 is 0 Å². The molecule has 162 valence electrons. The smallest absolute Gasteiger partial charge is 0.163 e. The van der Waals surface area contributed by atoms with Gasteiger partial charge in [0.1, 0.15) is 17.7 Å². The second-order valence-corrected chi connectivity index (χ2v) is 8.80. The Bertz CT molecular complexity index is 1170.